The molecule has 1 saturated heterocycles. The van der Waals surface area contributed by atoms with Crippen LogP contribution in [0.25, 0.3) is 11.0 Å². The van der Waals surface area contributed by atoms with Crippen molar-refractivity contribution in [2.45, 2.75) is 154 Å². The van der Waals surface area contributed by atoms with E-state index in [4.69, 9.17) is 24.2 Å². The van der Waals surface area contributed by atoms with Gasteiger partial charge in [0, 0.05) is 12.0 Å². The summed E-state index contributed by atoms with van der Waals surface area (Å²) >= 11 is 0. The normalized spacial score (nSPS) is 32.3. The van der Waals surface area contributed by atoms with Crippen LogP contribution in [-0.2, 0) is 35.6 Å². The number of alkyl carbamates (subject to hydrolysis) is 1. The molecule has 2 bridgehead atoms. The second-order valence-electron chi connectivity index (χ2n) is 19.4. The van der Waals surface area contributed by atoms with Crippen molar-refractivity contribution in [2.24, 2.45) is 35.0 Å². The van der Waals surface area contributed by atoms with Crippen LogP contribution in [0.3, 0.4) is 0 Å². The highest BCUT2D eigenvalue weighted by atomic mass is 32.2. The Balaban J connectivity index is 1.29. The van der Waals surface area contributed by atoms with Crippen molar-refractivity contribution in [1.82, 2.24) is 30.2 Å². The first kappa shape index (κ1) is 45.7. The molecule has 0 spiro atoms. The molecule has 4 amide bonds. The van der Waals surface area contributed by atoms with Crippen LogP contribution in [0, 0.1) is 35.0 Å². The number of nitrogens with one attached hydrogen (secondary N) is 3. The van der Waals surface area contributed by atoms with Crippen LogP contribution in [0.5, 0.6) is 11.6 Å². The van der Waals surface area contributed by atoms with Gasteiger partial charge in [-0.05, 0) is 93.1 Å². The summed E-state index contributed by atoms with van der Waals surface area (Å²) in [4.78, 5) is 68.7. The number of hydrogen-bond acceptors (Lipinski definition) is 11. The molecule has 3 aliphatic carbocycles. The van der Waals surface area contributed by atoms with Gasteiger partial charge in [0.25, 0.3) is 5.91 Å². The lowest BCUT2D eigenvalue weighted by Crippen LogP contribution is -2.61. The summed E-state index contributed by atoms with van der Waals surface area (Å²) in [5.74, 6) is -4.00. The van der Waals surface area contributed by atoms with Crippen molar-refractivity contribution < 1.29 is 50.6 Å². The maximum absolute atomic E-state index is 15.1. The summed E-state index contributed by atoms with van der Waals surface area (Å²) in [6.45, 7) is 11.2. The molecule has 10 atom stereocenters. The molecule has 3 saturated carbocycles. The van der Waals surface area contributed by atoms with Gasteiger partial charge < -0.3 is 29.7 Å². The standard InChI is InChI=1S/C44H62F2N6O9S/c1-8-27-33-22-52(34(27)38(53)50-44(21-29(44)37(45)46)41(55)51-62(57,58)26-17-18-26)40(54)36(43(4,5)6)49-42(56)61-35-24(3)15-14-23(2)28(35)12-10-9-11-13-31-39(60-33)48-32-20-25(59-7)16-19-30(32)47-31/h16,19-20,23-24,26-29,33-37H,8-15,17-18,21-22H2,1-7H3,(H,49,56)(H,50,53)(H,51,55)/t23-,24+,27+,28+,29-,33-,34-,35+,36+,44+/m0/s1. The van der Waals surface area contributed by atoms with Crippen molar-refractivity contribution in [1.29, 1.82) is 0 Å². The number of alkyl halides is 2. The molecule has 3 heterocycles. The fourth-order valence-corrected chi connectivity index (χ4v) is 11.3. The summed E-state index contributed by atoms with van der Waals surface area (Å²) in [7, 11) is -2.61. The van der Waals surface area contributed by atoms with E-state index in [0.717, 1.165) is 38.5 Å². The predicted molar refractivity (Wildman–Crippen MR) is 225 cm³/mol. The molecule has 15 nitrogen and oxygen atoms in total. The summed E-state index contributed by atoms with van der Waals surface area (Å²) in [6.07, 6.45) is 1.08. The van der Waals surface area contributed by atoms with Crippen molar-refractivity contribution in [3.63, 3.8) is 0 Å². The van der Waals surface area contributed by atoms with Gasteiger partial charge in [-0.3, -0.25) is 19.1 Å². The molecule has 342 valence electrons. The molecule has 18 heteroatoms. The van der Waals surface area contributed by atoms with E-state index in [0.29, 0.717) is 47.7 Å². The third-order valence-electron chi connectivity index (χ3n) is 13.9. The van der Waals surface area contributed by atoms with Crippen LogP contribution in [0.1, 0.15) is 111 Å². The first-order chi connectivity index (χ1) is 29.3. The number of aromatic nitrogens is 2. The summed E-state index contributed by atoms with van der Waals surface area (Å²) in [5, 5.41) is 4.56. The minimum absolute atomic E-state index is 0.0866. The van der Waals surface area contributed by atoms with Crippen LogP contribution in [0.4, 0.5) is 13.6 Å². The number of aryl methyl sites for hydroxylation is 1. The average Bonchev–Trinajstić information content (AvgIpc) is 4.15. The van der Waals surface area contributed by atoms with Gasteiger partial charge in [0.1, 0.15) is 41.3 Å². The molecule has 62 heavy (non-hydrogen) atoms. The smallest absolute Gasteiger partial charge is 0.408 e. The third kappa shape index (κ3) is 9.30. The molecule has 1 aromatic heterocycles. The summed E-state index contributed by atoms with van der Waals surface area (Å²) in [5.41, 5.74) is -1.44. The number of benzene rings is 1. The molecular formula is C44H62F2N6O9S. The number of ether oxygens (including phenoxy) is 3. The van der Waals surface area contributed by atoms with Crippen molar-refractivity contribution in [3.8, 4) is 11.6 Å². The Morgan fingerprint density at radius 2 is 1.74 bits per heavy atom. The van der Waals surface area contributed by atoms with Crippen molar-refractivity contribution in [3.05, 3.63) is 23.9 Å². The lowest BCUT2D eigenvalue weighted by Gasteiger charge is -2.41. The first-order valence-electron chi connectivity index (χ1n) is 22.2. The Morgan fingerprint density at radius 3 is 2.39 bits per heavy atom. The van der Waals surface area contributed by atoms with E-state index >= 15 is 4.79 Å². The fraction of sp³-hybridized carbons (Fsp3) is 0.727. The van der Waals surface area contributed by atoms with E-state index in [1.165, 1.54) is 4.90 Å². The van der Waals surface area contributed by atoms with Gasteiger partial charge in [-0.25, -0.2) is 32.0 Å². The van der Waals surface area contributed by atoms with Crippen molar-refractivity contribution >= 4 is 44.9 Å². The van der Waals surface area contributed by atoms with E-state index in [2.05, 4.69) is 24.5 Å². The summed E-state index contributed by atoms with van der Waals surface area (Å²) in [6, 6.07) is 2.72. The highest BCUT2D eigenvalue weighted by Gasteiger charge is 2.67. The average molecular weight is 889 g/mol. The van der Waals surface area contributed by atoms with E-state index in [9.17, 15) is 31.6 Å². The number of rotatable bonds is 8. The SMILES string of the molecule is CC[C@@H]1[C@@H]2CN(C(=O)[C@H](C(C)(C)C)NC(=O)O[C@H]3[C@H](CCCCCc4nc5ccc(OC)cc5nc4O2)[C@@H](C)CC[C@H]3C)[C@@H]1C(=O)N[C@]1(C(=O)NS(=O)(=O)C2CC2)C[C@H]1C(F)F. The second-order valence-corrected chi connectivity index (χ2v) is 21.3. The lowest BCUT2D eigenvalue weighted by molar-refractivity contribution is -0.144. The number of amides is 4. The van der Waals surface area contributed by atoms with E-state index in [-0.39, 0.29) is 36.8 Å². The number of halogens is 2. The second kappa shape index (κ2) is 17.7. The molecular weight excluding hydrogens is 827 g/mol. The maximum atomic E-state index is 15.1. The van der Waals surface area contributed by atoms with Gasteiger partial charge in [-0.1, -0.05) is 54.4 Å². The zero-order valence-corrected chi connectivity index (χ0v) is 37.6. The molecule has 7 rings (SSSR count). The molecule has 0 unspecified atom stereocenters. The first-order valence-corrected chi connectivity index (χ1v) is 23.8. The predicted octanol–water partition coefficient (Wildman–Crippen LogP) is 5.68. The van der Waals surface area contributed by atoms with Gasteiger partial charge in [0.05, 0.1) is 35.9 Å². The molecule has 2 aliphatic heterocycles. The Bertz CT molecular complexity index is 2150. The fourth-order valence-electron chi connectivity index (χ4n) is 9.90. The third-order valence-corrected chi connectivity index (χ3v) is 15.7. The highest BCUT2D eigenvalue weighted by molar-refractivity contribution is 7.91. The zero-order valence-electron chi connectivity index (χ0n) is 36.7. The van der Waals surface area contributed by atoms with Gasteiger partial charge in [-0.2, -0.15) is 0 Å². The van der Waals surface area contributed by atoms with Gasteiger partial charge in [-0.15, -0.1) is 0 Å². The number of methoxy groups -OCH3 is 1. The van der Waals surface area contributed by atoms with Gasteiger partial charge in [0.15, 0.2) is 0 Å². The van der Waals surface area contributed by atoms with E-state index < -0.39 is 92.9 Å². The minimum Gasteiger partial charge on any atom is -0.497 e. The topological polar surface area (TPSA) is 195 Å². The van der Waals surface area contributed by atoms with Crippen LogP contribution in [0.15, 0.2) is 18.2 Å². The Kier molecular flexibility index (Phi) is 13.0. The van der Waals surface area contributed by atoms with E-state index in [1.54, 1.807) is 46.9 Å². The van der Waals surface area contributed by atoms with Crippen LogP contribution >= 0.6 is 0 Å². The molecule has 2 aromatic rings. The molecule has 3 N–H and O–H groups in total. The van der Waals surface area contributed by atoms with Gasteiger partial charge in [0.2, 0.25) is 34.1 Å². The quantitative estimate of drug-likeness (QED) is 0.295. The van der Waals surface area contributed by atoms with Crippen LogP contribution in [0.2, 0.25) is 0 Å². The molecule has 1 aromatic carbocycles. The van der Waals surface area contributed by atoms with Crippen LogP contribution < -0.4 is 24.8 Å². The largest absolute Gasteiger partial charge is 0.497 e. The molecule has 4 fully saturated rings. The minimum atomic E-state index is -4.16. The highest BCUT2D eigenvalue weighted by Crippen LogP contribution is 2.49. The number of fused-ring (bicyclic) bond motifs is 5. The summed E-state index contributed by atoms with van der Waals surface area (Å²) < 4.78 is 74.9. The van der Waals surface area contributed by atoms with E-state index in [1.807, 2.05) is 10.8 Å². The number of nitrogens with zero attached hydrogens (tertiary/aromatic N) is 3. The number of hydrogen-bond donors (Lipinski definition) is 3. The monoisotopic (exact) mass is 888 g/mol. The number of sulfonamides is 1. The van der Waals surface area contributed by atoms with Gasteiger partial charge >= 0.3 is 6.09 Å². The maximum Gasteiger partial charge on any atom is 0.408 e. The Hall–Kier alpha value is -4.35. The Labute approximate surface area is 362 Å². The van der Waals surface area contributed by atoms with Crippen LogP contribution in [-0.4, -0.2) is 102 Å². The Morgan fingerprint density at radius 1 is 1.02 bits per heavy atom. The molecule has 5 aliphatic rings. The number of carbonyl (C=O) groups is 4. The molecule has 0 radical (unpaired) electrons. The number of carbonyl (C=O) groups excluding carboxylic acids is 4. The van der Waals surface area contributed by atoms with Crippen molar-refractivity contribution in [2.75, 3.05) is 13.7 Å². The lowest BCUT2D eigenvalue weighted by atomic mass is 9.71. The zero-order chi connectivity index (χ0) is 44.9.